The van der Waals surface area contributed by atoms with Gasteiger partial charge in [0.25, 0.3) is 0 Å². The van der Waals surface area contributed by atoms with Crippen LogP contribution in [0.15, 0.2) is 0 Å². The zero-order valence-corrected chi connectivity index (χ0v) is 8.34. The normalized spacial score (nSPS) is 33.5. The summed E-state index contributed by atoms with van der Waals surface area (Å²) < 4.78 is 6.05. The summed E-state index contributed by atoms with van der Waals surface area (Å²) in [5, 5.41) is 0. The van der Waals surface area contributed by atoms with Gasteiger partial charge < -0.3 is 4.74 Å². The first-order valence-electron chi connectivity index (χ1n) is 5.09. The molecule has 1 spiro atoms. The van der Waals surface area contributed by atoms with Gasteiger partial charge in [-0.2, -0.15) is 0 Å². The van der Waals surface area contributed by atoms with Crippen molar-refractivity contribution in [2.45, 2.75) is 45.4 Å². The van der Waals surface area contributed by atoms with E-state index in [-0.39, 0.29) is 0 Å². The second-order valence-corrected chi connectivity index (χ2v) is 4.50. The SMILES string of the molecule is CCN1CC2(CC2)O[C@H]1C(C)C. The molecule has 0 aromatic heterocycles. The smallest absolute Gasteiger partial charge is 0.113 e. The molecule has 0 aromatic carbocycles. The maximum atomic E-state index is 6.05. The number of rotatable bonds is 2. The van der Waals surface area contributed by atoms with E-state index in [4.69, 9.17) is 4.74 Å². The Hall–Kier alpha value is -0.0800. The molecule has 1 saturated carbocycles. The van der Waals surface area contributed by atoms with E-state index in [1.54, 1.807) is 0 Å². The highest BCUT2D eigenvalue weighted by molar-refractivity contribution is 5.03. The Morgan fingerprint density at radius 3 is 2.50 bits per heavy atom. The molecule has 2 fully saturated rings. The van der Waals surface area contributed by atoms with Gasteiger partial charge in [0.1, 0.15) is 6.23 Å². The fraction of sp³-hybridized carbons (Fsp3) is 1.00. The highest BCUT2D eigenvalue weighted by atomic mass is 16.5. The molecule has 1 atom stereocenters. The molecule has 1 aliphatic heterocycles. The lowest BCUT2D eigenvalue weighted by molar-refractivity contribution is -0.0378. The van der Waals surface area contributed by atoms with Crippen LogP contribution in [0.25, 0.3) is 0 Å². The Bertz CT molecular complexity index is 175. The average Bonchev–Trinajstić information content (AvgIpc) is 2.62. The molecule has 2 nitrogen and oxygen atoms in total. The fourth-order valence-corrected chi connectivity index (χ4v) is 2.09. The van der Waals surface area contributed by atoms with E-state index in [1.165, 1.54) is 19.4 Å². The summed E-state index contributed by atoms with van der Waals surface area (Å²) in [5.74, 6) is 0.630. The summed E-state index contributed by atoms with van der Waals surface area (Å²) in [6, 6.07) is 0. The van der Waals surface area contributed by atoms with E-state index in [0.29, 0.717) is 17.7 Å². The summed E-state index contributed by atoms with van der Waals surface area (Å²) in [4.78, 5) is 2.47. The van der Waals surface area contributed by atoms with Crippen LogP contribution in [0.1, 0.15) is 33.6 Å². The lowest BCUT2D eigenvalue weighted by Crippen LogP contribution is -2.33. The highest BCUT2D eigenvalue weighted by Gasteiger charge is 2.53. The van der Waals surface area contributed by atoms with Gasteiger partial charge in [0.2, 0.25) is 0 Å². The van der Waals surface area contributed by atoms with Gasteiger partial charge in [0, 0.05) is 6.54 Å². The molecular formula is C10H19NO. The second-order valence-electron chi connectivity index (χ2n) is 4.50. The lowest BCUT2D eigenvalue weighted by atomic mass is 10.2. The first-order chi connectivity index (χ1) is 5.67. The highest BCUT2D eigenvalue weighted by Crippen LogP contribution is 2.47. The maximum absolute atomic E-state index is 6.05. The van der Waals surface area contributed by atoms with E-state index >= 15 is 0 Å². The molecule has 0 amide bonds. The van der Waals surface area contributed by atoms with E-state index in [2.05, 4.69) is 25.7 Å². The molecule has 1 saturated heterocycles. The summed E-state index contributed by atoms with van der Waals surface area (Å²) in [6.45, 7) is 9.01. The average molecular weight is 169 g/mol. The van der Waals surface area contributed by atoms with Crippen LogP contribution >= 0.6 is 0 Å². The Balaban J connectivity index is 2.03. The molecule has 1 heterocycles. The number of hydrogen-bond acceptors (Lipinski definition) is 2. The quantitative estimate of drug-likeness (QED) is 0.625. The molecule has 2 heteroatoms. The van der Waals surface area contributed by atoms with Crippen LogP contribution in [-0.4, -0.2) is 29.8 Å². The van der Waals surface area contributed by atoms with Gasteiger partial charge in [-0.25, -0.2) is 0 Å². The van der Waals surface area contributed by atoms with Crippen LogP contribution in [-0.2, 0) is 4.74 Å². The molecule has 0 unspecified atom stereocenters. The predicted octanol–water partition coefficient (Wildman–Crippen LogP) is 1.85. The zero-order valence-electron chi connectivity index (χ0n) is 8.34. The standard InChI is InChI=1S/C10H19NO/c1-4-11-7-10(5-6-10)12-9(11)8(2)3/h8-9H,4-7H2,1-3H3/t9-/m0/s1. The maximum Gasteiger partial charge on any atom is 0.113 e. The molecule has 2 rings (SSSR count). The fourth-order valence-electron chi connectivity index (χ4n) is 2.09. The minimum absolute atomic E-state index is 0.297. The van der Waals surface area contributed by atoms with Crippen molar-refractivity contribution in [1.29, 1.82) is 0 Å². The summed E-state index contributed by atoms with van der Waals surface area (Å²) in [7, 11) is 0. The van der Waals surface area contributed by atoms with Gasteiger partial charge in [-0.15, -0.1) is 0 Å². The Morgan fingerprint density at radius 1 is 1.50 bits per heavy atom. The summed E-state index contributed by atoms with van der Waals surface area (Å²) >= 11 is 0. The lowest BCUT2D eigenvalue weighted by Gasteiger charge is -2.24. The van der Waals surface area contributed by atoms with Crippen molar-refractivity contribution in [1.82, 2.24) is 4.90 Å². The Labute approximate surface area is 74.9 Å². The van der Waals surface area contributed by atoms with Crippen molar-refractivity contribution in [3.63, 3.8) is 0 Å². The second kappa shape index (κ2) is 2.71. The van der Waals surface area contributed by atoms with Crippen molar-refractivity contribution >= 4 is 0 Å². The van der Waals surface area contributed by atoms with E-state index < -0.39 is 0 Å². The molecular weight excluding hydrogens is 150 g/mol. The minimum atomic E-state index is 0.297. The number of likely N-dealkylation sites (N-methyl/N-ethyl adjacent to an activating group) is 1. The third-order valence-electron chi connectivity index (χ3n) is 3.01. The first-order valence-corrected chi connectivity index (χ1v) is 5.09. The van der Waals surface area contributed by atoms with Crippen molar-refractivity contribution in [2.24, 2.45) is 5.92 Å². The van der Waals surface area contributed by atoms with Crippen molar-refractivity contribution in [2.75, 3.05) is 13.1 Å². The topological polar surface area (TPSA) is 12.5 Å². The zero-order chi connectivity index (χ0) is 8.77. The van der Waals surface area contributed by atoms with Crippen LogP contribution in [0.4, 0.5) is 0 Å². The van der Waals surface area contributed by atoms with E-state index in [9.17, 15) is 0 Å². The van der Waals surface area contributed by atoms with Gasteiger partial charge in [-0.05, 0) is 25.3 Å². The molecule has 0 N–H and O–H groups in total. The minimum Gasteiger partial charge on any atom is -0.355 e. The predicted molar refractivity (Wildman–Crippen MR) is 48.9 cm³/mol. The Kier molecular flexibility index (Phi) is 1.92. The molecule has 70 valence electrons. The van der Waals surface area contributed by atoms with E-state index in [1.807, 2.05) is 0 Å². The number of ether oxygens (including phenoxy) is 1. The van der Waals surface area contributed by atoms with Gasteiger partial charge in [-0.3, -0.25) is 4.90 Å². The third-order valence-corrected chi connectivity index (χ3v) is 3.01. The summed E-state index contributed by atoms with van der Waals surface area (Å²) in [6.07, 6.45) is 2.96. The van der Waals surface area contributed by atoms with Gasteiger partial charge in [0.05, 0.1) is 5.60 Å². The molecule has 12 heavy (non-hydrogen) atoms. The first kappa shape index (κ1) is 8.52. The third kappa shape index (κ3) is 1.27. The molecule has 0 aromatic rings. The van der Waals surface area contributed by atoms with E-state index in [0.717, 1.165) is 6.54 Å². The molecule has 0 bridgehead atoms. The summed E-state index contributed by atoms with van der Waals surface area (Å²) in [5.41, 5.74) is 0.297. The largest absolute Gasteiger partial charge is 0.355 e. The van der Waals surface area contributed by atoms with Crippen LogP contribution in [0.3, 0.4) is 0 Å². The van der Waals surface area contributed by atoms with Crippen LogP contribution in [0.2, 0.25) is 0 Å². The van der Waals surface area contributed by atoms with Gasteiger partial charge in [0.15, 0.2) is 0 Å². The Morgan fingerprint density at radius 2 is 2.17 bits per heavy atom. The van der Waals surface area contributed by atoms with Gasteiger partial charge in [-0.1, -0.05) is 20.8 Å². The molecule has 0 radical (unpaired) electrons. The molecule has 1 aliphatic carbocycles. The van der Waals surface area contributed by atoms with Gasteiger partial charge >= 0.3 is 0 Å². The van der Waals surface area contributed by atoms with Crippen LogP contribution in [0.5, 0.6) is 0 Å². The number of hydrogen-bond donors (Lipinski definition) is 0. The van der Waals surface area contributed by atoms with Crippen LogP contribution < -0.4 is 0 Å². The number of nitrogens with zero attached hydrogens (tertiary/aromatic N) is 1. The van der Waals surface area contributed by atoms with Crippen LogP contribution in [0, 0.1) is 5.92 Å². The monoisotopic (exact) mass is 169 g/mol. The molecule has 2 aliphatic rings. The van der Waals surface area contributed by atoms with Crippen molar-refractivity contribution in [3.05, 3.63) is 0 Å². The van der Waals surface area contributed by atoms with Crippen molar-refractivity contribution in [3.8, 4) is 0 Å². The van der Waals surface area contributed by atoms with Crippen molar-refractivity contribution < 1.29 is 4.74 Å².